The van der Waals surface area contributed by atoms with Crippen LogP contribution in [-0.4, -0.2) is 195 Å². The average molecular weight is 1330 g/mol. The monoisotopic (exact) mass is 1320 g/mol. The zero-order chi connectivity index (χ0) is 64.3. The first kappa shape index (κ1) is 71.1. The zero-order valence-electron chi connectivity index (χ0n) is 45.3. The fourth-order valence-electron chi connectivity index (χ4n) is 8.77. The summed E-state index contributed by atoms with van der Waals surface area (Å²) in [6, 6.07) is 16.9. The van der Waals surface area contributed by atoms with E-state index in [1.165, 1.54) is 72.0 Å². The number of rotatable bonds is 28. The highest BCUT2D eigenvalue weighted by Gasteiger charge is 2.64. The van der Waals surface area contributed by atoms with E-state index in [4.69, 9.17) is 103 Å². The first-order valence-corrected chi connectivity index (χ1v) is 27.5. The molecule has 3 N–H and O–H groups in total. The molecule has 2 saturated heterocycles. The number of hydrogen-bond acceptors (Lipinski definition) is 22. The van der Waals surface area contributed by atoms with Crippen LogP contribution in [0.3, 0.4) is 0 Å². The minimum absolute atomic E-state index is 0.253. The molecule has 0 spiro atoms. The molecule has 0 saturated carbocycles. The minimum Gasteiger partial charge on any atom is -0.465 e. The van der Waals surface area contributed by atoms with Crippen LogP contribution in [0.5, 0.6) is 0 Å². The first-order valence-electron chi connectivity index (χ1n) is 25.4. The van der Waals surface area contributed by atoms with Crippen molar-refractivity contribution in [3.8, 4) is 0 Å². The van der Waals surface area contributed by atoms with Crippen molar-refractivity contribution in [2.45, 2.75) is 111 Å². The summed E-state index contributed by atoms with van der Waals surface area (Å²) in [6.45, 7) is -3.58. The molecule has 3 aromatic carbocycles. The van der Waals surface area contributed by atoms with Crippen LogP contribution in [-0.2, 0) is 108 Å². The molecular weight excluding hydrogens is 1270 g/mol. The summed E-state index contributed by atoms with van der Waals surface area (Å²) in [7, 11) is 1.45. The number of carbonyl (C=O) groups is 9. The second-order valence-corrected chi connectivity index (χ2v) is 19.6. The van der Waals surface area contributed by atoms with Crippen molar-refractivity contribution in [1.29, 1.82) is 0 Å². The molecule has 34 heteroatoms. The molecule has 24 nitrogen and oxygen atoms in total. The summed E-state index contributed by atoms with van der Waals surface area (Å²) in [4.78, 5) is 121. The highest BCUT2D eigenvalue weighted by atomic mass is 35.5. The van der Waals surface area contributed by atoms with E-state index >= 15 is 0 Å². The van der Waals surface area contributed by atoms with E-state index in [1.807, 2.05) is 0 Å². The van der Waals surface area contributed by atoms with Gasteiger partial charge in [-0.15, -0.1) is 46.4 Å². The van der Waals surface area contributed by atoms with Gasteiger partial charge in [0.15, 0.2) is 12.2 Å². The molecule has 0 aliphatic carbocycles. The highest BCUT2D eigenvalue weighted by molar-refractivity contribution is 6.27. The Hall–Kier alpha value is -6.61. The van der Waals surface area contributed by atoms with Crippen molar-refractivity contribution >= 4 is 100 Å². The first-order chi connectivity index (χ1) is 41.2. The number of esters is 7. The SMILES string of the molecule is COC(=O)[C@@]1(O[C@H](COCc2ccccc2)[C@@H](O)[C@@H]2O[C@@](OCc3ccccc3)(C(=O)OC)C[C@H](OC(=O)c3ccccc3)[C@H]2NC(=O)C(F)(F)F)C[C@H](OC(=O)CCl)[C@@H](NC(=O)C(F)(F)F)[C@H]([C@H](OC(=O)CCl)[C@@H](COC(=O)CCl)OC(=O)CCl)O1. The quantitative estimate of drug-likeness (QED) is 0.0400. The molecule has 3 aromatic rings. The number of benzene rings is 3. The van der Waals surface area contributed by atoms with Crippen molar-refractivity contribution in [3.05, 3.63) is 108 Å². The van der Waals surface area contributed by atoms with Gasteiger partial charge in [0.25, 0.3) is 11.6 Å². The number of nitrogens with one attached hydrogen (secondary N) is 2. The Kier molecular flexibility index (Phi) is 26.6. The third kappa shape index (κ3) is 19.7. The van der Waals surface area contributed by atoms with E-state index in [9.17, 15) is 74.6 Å². The van der Waals surface area contributed by atoms with Gasteiger partial charge >= 0.3 is 66.0 Å². The Morgan fingerprint density at radius 2 is 1.05 bits per heavy atom. The third-order valence-corrected chi connectivity index (χ3v) is 13.5. The molecule has 2 aliphatic heterocycles. The lowest BCUT2D eigenvalue weighted by Gasteiger charge is -2.51. The van der Waals surface area contributed by atoms with E-state index in [0.29, 0.717) is 18.2 Å². The summed E-state index contributed by atoms with van der Waals surface area (Å²) in [5, 5.41) is 16.1. The summed E-state index contributed by atoms with van der Waals surface area (Å²) in [5.74, 6) is -27.0. The van der Waals surface area contributed by atoms with Crippen molar-refractivity contribution in [2.24, 2.45) is 0 Å². The summed E-state index contributed by atoms with van der Waals surface area (Å²) in [5.41, 5.74) is 0.398. The molecule has 0 radical (unpaired) electrons. The molecule has 2 fully saturated rings. The maximum atomic E-state index is 14.8. The van der Waals surface area contributed by atoms with Crippen LogP contribution in [0.25, 0.3) is 0 Å². The number of aliphatic hydroxyl groups excluding tert-OH is 1. The molecule has 5 rings (SSSR count). The summed E-state index contributed by atoms with van der Waals surface area (Å²) >= 11 is 22.9. The number of amides is 2. The third-order valence-electron chi connectivity index (χ3n) is 12.6. The van der Waals surface area contributed by atoms with E-state index in [2.05, 4.69) is 0 Å². The van der Waals surface area contributed by atoms with Gasteiger partial charge in [0.05, 0.1) is 64.5 Å². The molecular formula is C53H54Cl4F6N2O22. The van der Waals surface area contributed by atoms with Gasteiger partial charge < -0.3 is 72.6 Å². The molecule has 0 bridgehead atoms. The number of carbonyl (C=O) groups excluding carboxylic acids is 9. The maximum Gasteiger partial charge on any atom is 0.471 e. The molecule has 87 heavy (non-hydrogen) atoms. The van der Waals surface area contributed by atoms with Gasteiger partial charge in [-0.05, 0) is 23.3 Å². The molecule has 0 unspecified atom stereocenters. The largest absolute Gasteiger partial charge is 0.471 e. The molecule has 12 atom stereocenters. The molecule has 0 aromatic heterocycles. The molecule has 2 aliphatic rings. The van der Waals surface area contributed by atoms with Gasteiger partial charge in [0, 0.05) is 0 Å². The maximum absolute atomic E-state index is 14.8. The lowest BCUT2D eigenvalue weighted by molar-refractivity contribution is -0.349. The second kappa shape index (κ2) is 32.6. The number of alkyl halides is 10. The highest BCUT2D eigenvalue weighted by Crippen LogP contribution is 2.42. The van der Waals surface area contributed by atoms with E-state index in [1.54, 1.807) is 29.6 Å². The molecule has 2 heterocycles. The van der Waals surface area contributed by atoms with Gasteiger partial charge in [0.1, 0.15) is 66.8 Å². The van der Waals surface area contributed by atoms with Gasteiger partial charge in [-0.1, -0.05) is 78.9 Å². The Labute approximate surface area is 509 Å². The van der Waals surface area contributed by atoms with Gasteiger partial charge in [0.2, 0.25) is 0 Å². The predicted molar refractivity (Wildman–Crippen MR) is 282 cm³/mol. The minimum atomic E-state index is -5.84. The van der Waals surface area contributed by atoms with Crippen LogP contribution in [0.1, 0.15) is 34.3 Å². The van der Waals surface area contributed by atoms with Crippen LogP contribution in [0.2, 0.25) is 0 Å². The van der Waals surface area contributed by atoms with E-state index in [-0.39, 0.29) is 5.56 Å². The summed E-state index contributed by atoms with van der Waals surface area (Å²) < 4.78 is 155. The number of halogens is 10. The Morgan fingerprint density at radius 1 is 0.586 bits per heavy atom. The van der Waals surface area contributed by atoms with Crippen molar-refractivity contribution in [1.82, 2.24) is 10.6 Å². The number of ether oxygens (including phenoxy) is 12. The molecule has 478 valence electrons. The van der Waals surface area contributed by atoms with Gasteiger partial charge in [-0.2, -0.15) is 26.3 Å². The van der Waals surface area contributed by atoms with Crippen LogP contribution in [0.4, 0.5) is 26.3 Å². The fraction of sp³-hybridized carbons (Fsp3) is 0.491. The standard InChI is InChI=1S/C53H54Cl4F6N2O22/c1-76-48(74)50(80-25-29-14-8-4-9-15-29)18-32(83-45(71)30-16-10-5-11-17-30)39(64-46(72)52(58,59)60)43(86-50)41(70)33(26-78-24-28-12-6-3-7-13-28)85-51(49(75)77-2)19-31(81-36(67)21-55)40(65-47(73)53(61,62)63)44(87-51)42(84-38(69)23-57)34(82-37(68)22-56)27-79-35(66)20-54/h3-17,31-34,39-44,70H,18-27H2,1-2H3,(H,64,72)(H,65,73)/t31-,32-,33+,34+,39+,40+,41+,42+,43+,44+,50+,51+/m0/s1. The smallest absolute Gasteiger partial charge is 0.465 e. The topological polar surface area (TPSA) is 309 Å². The van der Waals surface area contributed by atoms with Gasteiger partial charge in [-0.3, -0.25) is 28.8 Å². The van der Waals surface area contributed by atoms with Crippen molar-refractivity contribution in [3.63, 3.8) is 0 Å². The zero-order valence-corrected chi connectivity index (χ0v) is 48.3. The second-order valence-electron chi connectivity index (χ2n) is 18.5. The van der Waals surface area contributed by atoms with Crippen LogP contribution in [0.15, 0.2) is 91.0 Å². The average Bonchev–Trinajstić information content (AvgIpc) is 0.843. The van der Waals surface area contributed by atoms with Crippen LogP contribution < -0.4 is 10.6 Å². The van der Waals surface area contributed by atoms with Crippen molar-refractivity contribution < 1.29 is 131 Å². The fourth-order valence-corrected chi connectivity index (χ4v) is 9.03. The number of hydrogen-bond donors (Lipinski definition) is 3. The number of aliphatic hydroxyl groups is 1. The van der Waals surface area contributed by atoms with Gasteiger partial charge in [-0.25, -0.2) is 14.4 Å². The van der Waals surface area contributed by atoms with E-state index in [0.717, 1.165) is 7.11 Å². The predicted octanol–water partition coefficient (Wildman–Crippen LogP) is 4.04. The van der Waals surface area contributed by atoms with Crippen LogP contribution in [0, 0.1) is 0 Å². The molecule has 2 amide bonds. The number of methoxy groups -OCH3 is 2. The lowest BCUT2D eigenvalue weighted by Crippen LogP contribution is -2.72. The Morgan fingerprint density at radius 3 is 1.56 bits per heavy atom. The van der Waals surface area contributed by atoms with Crippen LogP contribution >= 0.6 is 46.4 Å². The van der Waals surface area contributed by atoms with E-state index < -0.39 is 201 Å². The summed E-state index contributed by atoms with van der Waals surface area (Å²) in [6.07, 6.45) is -35.1. The normalized spacial score (nSPS) is 23.4. The lowest BCUT2D eigenvalue weighted by atomic mass is 9.86. The van der Waals surface area contributed by atoms with Crippen molar-refractivity contribution in [2.75, 3.05) is 51.0 Å². The Bertz CT molecular complexity index is 2840. The Balaban J connectivity index is 1.85.